The molecule has 0 saturated heterocycles. The zero-order valence-corrected chi connectivity index (χ0v) is 42.5. The van der Waals surface area contributed by atoms with Crippen LogP contribution < -0.4 is 0 Å². The van der Waals surface area contributed by atoms with Crippen molar-refractivity contribution in [1.29, 1.82) is 0 Å². The second kappa shape index (κ2) is 53.2. The third-order valence-corrected chi connectivity index (χ3v) is 11.4. The van der Waals surface area contributed by atoms with Gasteiger partial charge in [0.2, 0.25) is 0 Å². The molecule has 0 heterocycles. The van der Waals surface area contributed by atoms with Crippen LogP contribution in [0.4, 0.5) is 0 Å². The Morgan fingerprint density at radius 2 is 0.631 bits per heavy atom. The molecule has 0 aromatic carbocycles. The molecule has 372 valence electrons. The van der Waals surface area contributed by atoms with Gasteiger partial charge < -0.3 is 14.2 Å². The molecule has 0 aliphatic rings. The summed E-state index contributed by atoms with van der Waals surface area (Å²) < 4.78 is 16.8. The van der Waals surface area contributed by atoms with Crippen LogP contribution in [-0.2, 0) is 28.6 Å². The van der Waals surface area contributed by atoms with E-state index in [9.17, 15) is 14.4 Å². The average Bonchev–Trinajstić information content (AvgIpc) is 3.30. The van der Waals surface area contributed by atoms with Gasteiger partial charge in [-0.3, -0.25) is 14.4 Å². The van der Waals surface area contributed by atoms with Gasteiger partial charge in [0.05, 0.1) is 0 Å². The van der Waals surface area contributed by atoms with E-state index in [1.165, 1.54) is 128 Å². The number of carbonyl (C=O) groups excluding carboxylic acids is 3. The molecule has 0 N–H and O–H groups in total. The van der Waals surface area contributed by atoms with Crippen molar-refractivity contribution in [2.45, 2.75) is 258 Å². The maximum absolute atomic E-state index is 12.8. The summed E-state index contributed by atoms with van der Waals surface area (Å²) in [5.41, 5.74) is 0. The highest BCUT2D eigenvalue weighted by Gasteiger charge is 2.19. The topological polar surface area (TPSA) is 78.9 Å². The van der Waals surface area contributed by atoms with E-state index in [1.807, 2.05) is 6.08 Å². The summed E-state index contributed by atoms with van der Waals surface area (Å²) >= 11 is 0. The first-order valence-electron chi connectivity index (χ1n) is 27.1. The number of ether oxygens (including phenoxy) is 3. The van der Waals surface area contributed by atoms with Gasteiger partial charge in [0.1, 0.15) is 13.2 Å². The normalized spacial score (nSPS) is 12.7. The van der Waals surface area contributed by atoms with Crippen LogP contribution in [0.1, 0.15) is 252 Å². The van der Waals surface area contributed by atoms with Gasteiger partial charge in [0, 0.05) is 19.3 Å². The largest absolute Gasteiger partial charge is 0.462 e. The van der Waals surface area contributed by atoms with Crippen molar-refractivity contribution in [1.82, 2.24) is 0 Å². The first kappa shape index (κ1) is 61.6. The van der Waals surface area contributed by atoms with Crippen LogP contribution in [-0.4, -0.2) is 37.2 Å². The van der Waals surface area contributed by atoms with Gasteiger partial charge in [-0.05, 0) is 83.5 Å². The molecule has 0 radical (unpaired) electrons. The van der Waals surface area contributed by atoms with E-state index in [-0.39, 0.29) is 37.5 Å². The van der Waals surface area contributed by atoms with Crippen LogP contribution in [0.3, 0.4) is 0 Å². The lowest BCUT2D eigenvalue weighted by Crippen LogP contribution is -2.30. The molecule has 0 aliphatic heterocycles. The van der Waals surface area contributed by atoms with Crippen LogP contribution in [0, 0.1) is 0 Å². The smallest absolute Gasteiger partial charge is 0.306 e. The van der Waals surface area contributed by atoms with Crippen molar-refractivity contribution in [3.05, 3.63) is 85.1 Å². The molecule has 0 rings (SSSR count). The Morgan fingerprint density at radius 1 is 0.323 bits per heavy atom. The van der Waals surface area contributed by atoms with Crippen LogP contribution >= 0.6 is 0 Å². The lowest BCUT2D eigenvalue weighted by Gasteiger charge is -2.18. The fraction of sp³-hybridized carbons (Fsp3) is 0.712. The molecule has 6 heteroatoms. The molecule has 0 spiro atoms. The molecule has 6 nitrogen and oxygen atoms in total. The summed E-state index contributed by atoms with van der Waals surface area (Å²) in [7, 11) is 0. The highest BCUT2D eigenvalue weighted by Crippen LogP contribution is 2.15. The third kappa shape index (κ3) is 51.4. The quantitative estimate of drug-likeness (QED) is 0.0262. The number of carbonyl (C=O) groups is 3. The Kier molecular flexibility index (Phi) is 50.4. The minimum atomic E-state index is -0.806. The molecule has 65 heavy (non-hydrogen) atoms. The maximum Gasteiger partial charge on any atom is 0.306 e. The second-order valence-corrected chi connectivity index (χ2v) is 17.8. The monoisotopic (exact) mass is 905 g/mol. The van der Waals surface area contributed by atoms with Crippen molar-refractivity contribution in [3.8, 4) is 0 Å². The number of unbranched alkanes of at least 4 members (excludes halogenated alkanes) is 23. The molecule has 0 fully saturated rings. The van der Waals surface area contributed by atoms with E-state index < -0.39 is 6.10 Å². The summed E-state index contributed by atoms with van der Waals surface area (Å²) in [5.74, 6) is -0.989. The first-order chi connectivity index (χ1) is 32.0. The van der Waals surface area contributed by atoms with Crippen LogP contribution in [0.5, 0.6) is 0 Å². The van der Waals surface area contributed by atoms with Crippen LogP contribution in [0.2, 0.25) is 0 Å². The van der Waals surface area contributed by atoms with Crippen LogP contribution in [0.15, 0.2) is 85.1 Å². The molecule has 0 amide bonds. The van der Waals surface area contributed by atoms with E-state index in [0.29, 0.717) is 19.3 Å². The summed E-state index contributed by atoms with van der Waals surface area (Å²) in [6, 6.07) is 0. The molecule has 0 aliphatic carbocycles. The summed E-state index contributed by atoms with van der Waals surface area (Å²) in [6.45, 7) is 6.45. The molecule has 0 saturated carbocycles. The summed E-state index contributed by atoms with van der Waals surface area (Å²) in [6.07, 6.45) is 68.6. The fourth-order valence-corrected chi connectivity index (χ4v) is 7.35. The third-order valence-electron chi connectivity index (χ3n) is 11.4. The van der Waals surface area contributed by atoms with Gasteiger partial charge in [-0.1, -0.05) is 234 Å². The van der Waals surface area contributed by atoms with Gasteiger partial charge in [-0.15, -0.1) is 0 Å². The average molecular weight is 905 g/mol. The lowest BCUT2D eigenvalue weighted by atomic mass is 10.0. The minimum Gasteiger partial charge on any atom is -0.462 e. The minimum absolute atomic E-state index is 0.100. The highest BCUT2D eigenvalue weighted by molar-refractivity contribution is 5.71. The molecular formula is C59H100O6. The highest BCUT2D eigenvalue weighted by atomic mass is 16.6. The second-order valence-electron chi connectivity index (χ2n) is 17.8. The van der Waals surface area contributed by atoms with E-state index in [2.05, 4.69) is 99.8 Å². The lowest BCUT2D eigenvalue weighted by molar-refractivity contribution is -0.166. The summed E-state index contributed by atoms with van der Waals surface area (Å²) in [5, 5.41) is 0. The van der Waals surface area contributed by atoms with Gasteiger partial charge in [0.15, 0.2) is 6.10 Å². The maximum atomic E-state index is 12.8. The number of esters is 3. The number of rotatable bonds is 48. The molecule has 1 atom stereocenters. The fourth-order valence-electron chi connectivity index (χ4n) is 7.35. The van der Waals surface area contributed by atoms with Gasteiger partial charge in [0.25, 0.3) is 0 Å². The predicted octanol–water partition coefficient (Wildman–Crippen LogP) is 18.0. The van der Waals surface area contributed by atoms with E-state index in [1.54, 1.807) is 0 Å². The first-order valence-corrected chi connectivity index (χ1v) is 27.1. The van der Waals surface area contributed by atoms with Crippen molar-refractivity contribution < 1.29 is 28.6 Å². The standard InChI is InChI=1S/C59H100O6/c1-4-7-10-13-16-19-22-25-27-28-29-30-32-35-37-40-43-46-49-52-58(61)64-55-56(65-59(62)53-50-47-44-41-38-33-24-21-18-15-12-9-6-3)54-63-57(60)51-48-45-42-39-36-34-31-26-23-20-17-14-11-8-5-2/h7,10,16,19-20,23,25,27,29-30,35,37,43,46,56H,4-6,8-9,11-15,17-18,21-22,24,26,28,31-34,36,38-42,44-45,47-55H2,1-3H3/b10-7-,19-16-,23-20-,27-25-,30-29-,37-35-,46-43-/t56-/m0/s1. The van der Waals surface area contributed by atoms with E-state index in [0.717, 1.165) is 77.0 Å². The van der Waals surface area contributed by atoms with Gasteiger partial charge >= 0.3 is 17.9 Å². The van der Waals surface area contributed by atoms with Crippen molar-refractivity contribution in [3.63, 3.8) is 0 Å². The van der Waals surface area contributed by atoms with Crippen molar-refractivity contribution in [2.24, 2.45) is 0 Å². The number of hydrogen-bond acceptors (Lipinski definition) is 6. The zero-order valence-electron chi connectivity index (χ0n) is 42.5. The van der Waals surface area contributed by atoms with Gasteiger partial charge in [-0.2, -0.15) is 0 Å². The SMILES string of the molecule is CC/C=C\C/C=C\C/C=C\C/C=C\C/C=C\C/C=C\CCC(=O)OC[C@H](COC(=O)CCCCCCCCC/C=C\CCCCCC)OC(=O)CCCCCCCCCCCCCCC. The molecule has 0 aromatic rings. The Labute approximate surface area is 401 Å². The van der Waals surface area contributed by atoms with Crippen molar-refractivity contribution in [2.75, 3.05) is 13.2 Å². The number of allylic oxidation sites excluding steroid dienone is 14. The van der Waals surface area contributed by atoms with Crippen molar-refractivity contribution >= 4 is 17.9 Å². The molecule has 0 bridgehead atoms. The molecular weight excluding hydrogens is 805 g/mol. The van der Waals surface area contributed by atoms with Gasteiger partial charge in [-0.25, -0.2) is 0 Å². The Morgan fingerprint density at radius 3 is 1.05 bits per heavy atom. The molecule has 0 aromatic heterocycles. The van der Waals surface area contributed by atoms with Crippen LogP contribution in [0.25, 0.3) is 0 Å². The zero-order chi connectivity index (χ0) is 47.2. The Bertz CT molecular complexity index is 1270. The predicted molar refractivity (Wildman–Crippen MR) is 279 cm³/mol. The molecule has 0 unspecified atom stereocenters. The van der Waals surface area contributed by atoms with E-state index in [4.69, 9.17) is 14.2 Å². The number of hydrogen-bond donors (Lipinski definition) is 0. The van der Waals surface area contributed by atoms with E-state index >= 15 is 0 Å². The Hall–Kier alpha value is -3.41. The Balaban J connectivity index is 4.48. The summed E-state index contributed by atoms with van der Waals surface area (Å²) in [4.78, 5) is 38.0.